The summed E-state index contributed by atoms with van der Waals surface area (Å²) in [5.41, 5.74) is 2.40. The van der Waals surface area contributed by atoms with Crippen molar-refractivity contribution in [2.45, 2.75) is 6.54 Å². The Balaban J connectivity index is 1.56. The van der Waals surface area contributed by atoms with Gasteiger partial charge in [-0.25, -0.2) is 0 Å². The zero-order valence-corrected chi connectivity index (χ0v) is 13.4. The molecule has 0 spiro atoms. The van der Waals surface area contributed by atoms with E-state index < -0.39 is 0 Å². The summed E-state index contributed by atoms with van der Waals surface area (Å²) in [5.74, 6) is 0. The van der Waals surface area contributed by atoms with E-state index in [4.69, 9.17) is 11.6 Å². The van der Waals surface area contributed by atoms with Gasteiger partial charge in [-0.15, -0.1) is 0 Å². The molecule has 3 rings (SSSR count). The van der Waals surface area contributed by atoms with Gasteiger partial charge in [0, 0.05) is 55.6 Å². The zero-order valence-electron chi connectivity index (χ0n) is 12.7. The largest absolute Gasteiger partial charge is 0.369 e. The molecule has 0 atom stereocenters. The van der Waals surface area contributed by atoms with Gasteiger partial charge in [-0.3, -0.25) is 15.0 Å². The summed E-state index contributed by atoms with van der Waals surface area (Å²) in [6.07, 6.45) is 0. The number of nitro groups is 1. The molecule has 2 aromatic rings. The lowest BCUT2D eigenvalue weighted by Crippen LogP contribution is -2.45. The molecule has 1 fully saturated rings. The Bertz CT molecular complexity index is 682. The summed E-state index contributed by atoms with van der Waals surface area (Å²) in [6, 6.07) is 14.7. The fourth-order valence-electron chi connectivity index (χ4n) is 2.84. The molecule has 120 valence electrons. The number of non-ortho nitro benzene ring substituents is 1. The van der Waals surface area contributed by atoms with E-state index >= 15 is 0 Å². The van der Waals surface area contributed by atoms with Gasteiger partial charge in [0.25, 0.3) is 5.69 Å². The van der Waals surface area contributed by atoms with Gasteiger partial charge in [-0.05, 0) is 29.8 Å². The Morgan fingerprint density at radius 3 is 2.35 bits per heavy atom. The van der Waals surface area contributed by atoms with Crippen molar-refractivity contribution in [3.05, 3.63) is 69.2 Å². The average Bonchev–Trinajstić information content (AvgIpc) is 2.56. The number of nitrogens with zero attached hydrogens (tertiary/aromatic N) is 3. The van der Waals surface area contributed by atoms with Crippen molar-refractivity contribution in [1.82, 2.24) is 4.90 Å². The lowest BCUT2D eigenvalue weighted by molar-refractivity contribution is -0.384. The minimum Gasteiger partial charge on any atom is -0.369 e. The third kappa shape index (κ3) is 4.00. The molecule has 23 heavy (non-hydrogen) atoms. The second-order valence-corrected chi connectivity index (χ2v) is 6.10. The molecule has 0 saturated carbocycles. The molecule has 1 saturated heterocycles. The summed E-state index contributed by atoms with van der Waals surface area (Å²) in [5, 5.41) is 11.5. The molecule has 6 heteroatoms. The second kappa shape index (κ2) is 6.98. The molecular weight excluding hydrogens is 314 g/mol. The molecule has 5 nitrogen and oxygen atoms in total. The highest BCUT2D eigenvalue weighted by atomic mass is 35.5. The Labute approximate surface area is 140 Å². The van der Waals surface area contributed by atoms with Crippen molar-refractivity contribution in [3.8, 4) is 0 Å². The molecule has 0 bridgehead atoms. The molecular formula is C17H18ClN3O2. The predicted molar refractivity (Wildman–Crippen MR) is 92.0 cm³/mol. The Morgan fingerprint density at radius 2 is 1.74 bits per heavy atom. The van der Waals surface area contributed by atoms with Crippen LogP contribution in [0.15, 0.2) is 48.5 Å². The third-order valence-electron chi connectivity index (χ3n) is 4.09. The molecule has 1 aliphatic rings. The summed E-state index contributed by atoms with van der Waals surface area (Å²) in [7, 11) is 0. The minimum absolute atomic E-state index is 0.133. The van der Waals surface area contributed by atoms with Crippen LogP contribution in [-0.4, -0.2) is 36.0 Å². The van der Waals surface area contributed by atoms with E-state index in [1.165, 1.54) is 5.56 Å². The summed E-state index contributed by atoms with van der Waals surface area (Å²) >= 11 is 6.03. The SMILES string of the molecule is O=[N+]([O-])c1ccc(N2CCN(Cc3cccc(Cl)c3)CC2)cc1. The summed E-state index contributed by atoms with van der Waals surface area (Å²) in [6.45, 7) is 4.65. The lowest BCUT2D eigenvalue weighted by atomic mass is 10.2. The van der Waals surface area contributed by atoms with Crippen molar-refractivity contribution in [2.75, 3.05) is 31.1 Å². The van der Waals surface area contributed by atoms with Crippen LogP contribution >= 0.6 is 11.6 Å². The van der Waals surface area contributed by atoms with E-state index in [0.717, 1.165) is 43.4 Å². The molecule has 1 aliphatic heterocycles. The van der Waals surface area contributed by atoms with E-state index in [0.29, 0.717) is 0 Å². The van der Waals surface area contributed by atoms with Gasteiger partial charge in [-0.1, -0.05) is 23.7 Å². The molecule has 0 amide bonds. The monoisotopic (exact) mass is 331 g/mol. The van der Waals surface area contributed by atoms with Crippen molar-refractivity contribution in [1.29, 1.82) is 0 Å². The van der Waals surface area contributed by atoms with Crippen molar-refractivity contribution in [2.24, 2.45) is 0 Å². The fourth-order valence-corrected chi connectivity index (χ4v) is 3.06. The van der Waals surface area contributed by atoms with E-state index in [1.807, 2.05) is 30.3 Å². The number of rotatable bonds is 4. The number of halogens is 1. The number of benzene rings is 2. The maximum Gasteiger partial charge on any atom is 0.269 e. The van der Waals surface area contributed by atoms with Gasteiger partial charge >= 0.3 is 0 Å². The van der Waals surface area contributed by atoms with Crippen molar-refractivity contribution < 1.29 is 4.92 Å². The van der Waals surface area contributed by atoms with Gasteiger partial charge < -0.3 is 4.90 Å². The van der Waals surface area contributed by atoms with Crippen molar-refractivity contribution >= 4 is 23.0 Å². The van der Waals surface area contributed by atoms with Crippen LogP contribution in [-0.2, 0) is 6.54 Å². The molecule has 1 heterocycles. The molecule has 0 aliphatic carbocycles. The van der Waals surface area contributed by atoms with E-state index in [1.54, 1.807) is 12.1 Å². The van der Waals surface area contributed by atoms with Gasteiger partial charge in [0.15, 0.2) is 0 Å². The highest BCUT2D eigenvalue weighted by Gasteiger charge is 2.18. The van der Waals surface area contributed by atoms with E-state index in [2.05, 4.69) is 15.9 Å². The third-order valence-corrected chi connectivity index (χ3v) is 4.33. The molecule has 0 N–H and O–H groups in total. The van der Waals surface area contributed by atoms with Crippen LogP contribution in [0.3, 0.4) is 0 Å². The van der Waals surface area contributed by atoms with Gasteiger partial charge in [0.05, 0.1) is 4.92 Å². The summed E-state index contributed by atoms with van der Waals surface area (Å²) < 4.78 is 0. The topological polar surface area (TPSA) is 49.6 Å². The number of nitro benzene ring substituents is 1. The first-order valence-corrected chi connectivity index (χ1v) is 7.96. The van der Waals surface area contributed by atoms with Crippen LogP contribution in [0.2, 0.25) is 5.02 Å². The molecule has 0 unspecified atom stereocenters. The highest BCUT2D eigenvalue weighted by Crippen LogP contribution is 2.21. The van der Waals surface area contributed by atoms with Crippen LogP contribution in [0.25, 0.3) is 0 Å². The minimum atomic E-state index is -0.368. The standard InChI is InChI=1S/C17H18ClN3O2/c18-15-3-1-2-14(12-15)13-19-8-10-20(11-9-19)16-4-6-17(7-5-16)21(22)23/h1-7,12H,8-11,13H2. The first-order chi connectivity index (χ1) is 11.1. The Kier molecular flexibility index (Phi) is 4.79. The first-order valence-electron chi connectivity index (χ1n) is 7.58. The number of hydrogen-bond acceptors (Lipinski definition) is 4. The number of anilines is 1. The van der Waals surface area contributed by atoms with Crippen molar-refractivity contribution in [3.63, 3.8) is 0 Å². The Hall–Kier alpha value is -2.11. The Morgan fingerprint density at radius 1 is 1.04 bits per heavy atom. The second-order valence-electron chi connectivity index (χ2n) is 5.67. The average molecular weight is 332 g/mol. The normalized spacial score (nSPS) is 15.6. The van der Waals surface area contributed by atoms with Crippen LogP contribution in [0, 0.1) is 10.1 Å². The van der Waals surface area contributed by atoms with Gasteiger partial charge in [0.1, 0.15) is 0 Å². The smallest absolute Gasteiger partial charge is 0.269 e. The fraction of sp³-hybridized carbons (Fsp3) is 0.294. The van der Waals surface area contributed by atoms with Gasteiger partial charge in [-0.2, -0.15) is 0 Å². The first kappa shape index (κ1) is 15.8. The zero-order chi connectivity index (χ0) is 16.2. The number of hydrogen-bond donors (Lipinski definition) is 0. The highest BCUT2D eigenvalue weighted by molar-refractivity contribution is 6.30. The predicted octanol–water partition coefficient (Wildman–Crippen LogP) is 3.57. The van der Waals surface area contributed by atoms with Crippen LogP contribution < -0.4 is 4.90 Å². The molecule has 0 radical (unpaired) electrons. The summed E-state index contributed by atoms with van der Waals surface area (Å²) in [4.78, 5) is 15.0. The van der Waals surface area contributed by atoms with Crippen LogP contribution in [0.1, 0.15) is 5.56 Å². The van der Waals surface area contributed by atoms with Gasteiger partial charge in [0.2, 0.25) is 0 Å². The lowest BCUT2D eigenvalue weighted by Gasteiger charge is -2.36. The van der Waals surface area contributed by atoms with Crippen LogP contribution in [0.5, 0.6) is 0 Å². The maximum absolute atomic E-state index is 10.7. The molecule has 2 aromatic carbocycles. The van der Waals surface area contributed by atoms with E-state index in [9.17, 15) is 10.1 Å². The quantitative estimate of drug-likeness (QED) is 0.635. The van der Waals surface area contributed by atoms with Crippen LogP contribution in [0.4, 0.5) is 11.4 Å². The maximum atomic E-state index is 10.7. The number of piperazine rings is 1. The van der Waals surface area contributed by atoms with E-state index in [-0.39, 0.29) is 10.6 Å². The molecule has 0 aromatic heterocycles.